The molecule has 1 heterocycles. The van der Waals surface area contributed by atoms with E-state index in [0.29, 0.717) is 6.04 Å². The maximum absolute atomic E-state index is 3.67. The molecule has 16 heavy (non-hydrogen) atoms. The second kappa shape index (κ2) is 4.56. The van der Waals surface area contributed by atoms with Crippen molar-refractivity contribution in [3.8, 4) is 0 Å². The molecule has 0 radical (unpaired) electrons. The topological polar surface area (TPSA) is 15.3 Å². The van der Waals surface area contributed by atoms with Gasteiger partial charge in [-0.05, 0) is 39.3 Å². The Labute approximate surface area is 98.7 Å². The molecule has 0 saturated carbocycles. The molecule has 2 rings (SSSR count). The Morgan fingerprint density at radius 2 is 1.94 bits per heavy atom. The minimum Gasteiger partial charge on any atom is -0.296 e. The predicted octanol–water partition coefficient (Wildman–Crippen LogP) is 2.56. The summed E-state index contributed by atoms with van der Waals surface area (Å²) in [6.45, 7) is 9.12. The lowest BCUT2D eigenvalue weighted by molar-refractivity contribution is 0.0112. The Bertz CT molecular complexity index is 334. The maximum Gasteiger partial charge on any atom is 0.0948 e. The van der Waals surface area contributed by atoms with E-state index in [9.17, 15) is 0 Å². The van der Waals surface area contributed by atoms with Crippen LogP contribution in [0.1, 0.15) is 32.8 Å². The van der Waals surface area contributed by atoms with Crippen molar-refractivity contribution >= 4 is 0 Å². The summed E-state index contributed by atoms with van der Waals surface area (Å²) in [7, 11) is 0. The first-order chi connectivity index (χ1) is 7.64. The Morgan fingerprint density at radius 1 is 1.25 bits per heavy atom. The van der Waals surface area contributed by atoms with Gasteiger partial charge in [-0.25, -0.2) is 0 Å². The predicted molar refractivity (Wildman–Crippen MR) is 68.3 cm³/mol. The van der Waals surface area contributed by atoms with E-state index in [4.69, 9.17) is 0 Å². The standard InChI is InChI=1S/C14H22N2/c1-12(2)16-11-7-10-15-14(16,3)13-8-5-4-6-9-13/h4-6,8-9,12,15H,7,10-11H2,1-3H3/t14-/m1/s1. The molecule has 0 bridgehead atoms. The van der Waals surface area contributed by atoms with Crippen LogP contribution in [0.15, 0.2) is 30.3 Å². The summed E-state index contributed by atoms with van der Waals surface area (Å²) in [5.41, 5.74) is 1.36. The van der Waals surface area contributed by atoms with Gasteiger partial charge in [-0.2, -0.15) is 0 Å². The third-order valence-corrected chi connectivity index (χ3v) is 3.58. The largest absolute Gasteiger partial charge is 0.296 e. The second-order valence-electron chi connectivity index (χ2n) is 5.01. The van der Waals surface area contributed by atoms with Gasteiger partial charge in [-0.3, -0.25) is 10.2 Å². The van der Waals surface area contributed by atoms with Crippen LogP contribution in [0.5, 0.6) is 0 Å². The fourth-order valence-corrected chi connectivity index (χ4v) is 2.71. The molecule has 1 aliphatic rings. The van der Waals surface area contributed by atoms with E-state index in [0.717, 1.165) is 6.54 Å². The molecule has 0 aromatic heterocycles. The van der Waals surface area contributed by atoms with Gasteiger partial charge in [0.15, 0.2) is 0 Å². The lowest BCUT2D eigenvalue weighted by Crippen LogP contribution is -2.60. The Balaban J connectivity index is 2.33. The van der Waals surface area contributed by atoms with Gasteiger partial charge in [-0.1, -0.05) is 30.3 Å². The minimum atomic E-state index is -0.00627. The van der Waals surface area contributed by atoms with Crippen LogP contribution < -0.4 is 5.32 Å². The number of hydrogen-bond acceptors (Lipinski definition) is 2. The van der Waals surface area contributed by atoms with Crippen LogP contribution >= 0.6 is 0 Å². The number of nitrogens with zero attached hydrogens (tertiary/aromatic N) is 1. The van der Waals surface area contributed by atoms with Crippen LogP contribution in [0.2, 0.25) is 0 Å². The third-order valence-electron chi connectivity index (χ3n) is 3.58. The number of benzene rings is 1. The third kappa shape index (κ3) is 2.00. The van der Waals surface area contributed by atoms with Gasteiger partial charge in [0.05, 0.1) is 5.66 Å². The summed E-state index contributed by atoms with van der Waals surface area (Å²) in [5, 5.41) is 3.67. The average molecular weight is 218 g/mol. The highest BCUT2D eigenvalue weighted by molar-refractivity contribution is 5.23. The van der Waals surface area contributed by atoms with Crippen LogP contribution in [-0.2, 0) is 5.66 Å². The average Bonchev–Trinajstić information content (AvgIpc) is 2.30. The van der Waals surface area contributed by atoms with Crippen molar-refractivity contribution in [2.45, 2.75) is 38.9 Å². The fraction of sp³-hybridized carbons (Fsp3) is 0.571. The van der Waals surface area contributed by atoms with Crippen LogP contribution in [0.3, 0.4) is 0 Å². The van der Waals surface area contributed by atoms with E-state index in [2.05, 4.69) is 61.3 Å². The van der Waals surface area contributed by atoms with Gasteiger partial charge in [-0.15, -0.1) is 0 Å². The summed E-state index contributed by atoms with van der Waals surface area (Å²) < 4.78 is 0. The second-order valence-corrected chi connectivity index (χ2v) is 5.01. The Morgan fingerprint density at radius 3 is 2.56 bits per heavy atom. The van der Waals surface area contributed by atoms with Gasteiger partial charge in [0.1, 0.15) is 0 Å². The highest BCUT2D eigenvalue weighted by Crippen LogP contribution is 2.29. The molecule has 88 valence electrons. The molecular formula is C14H22N2. The fourth-order valence-electron chi connectivity index (χ4n) is 2.71. The van der Waals surface area contributed by atoms with E-state index < -0.39 is 0 Å². The molecule has 2 nitrogen and oxygen atoms in total. The summed E-state index contributed by atoms with van der Waals surface area (Å²) in [6, 6.07) is 11.3. The zero-order chi connectivity index (χ0) is 11.6. The van der Waals surface area contributed by atoms with Gasteiger partial charge >= 0.3 is 0 Å². The van der Waals surface area contributed by atoms with Crippen LogP contribution in [-0.4, -0.2) is 24.0 Å². The summed E-state index contributed by atoms with van der Waals surface area (Å²) in [5.74, 6) is 0. The monoisotopic (exact) mass is 218 g/mol. The molecule has 0 aliphatic carbocycles. The lowest BCUT2D eigenvalue weighted by atomic mass is 9.95. The van der Waals surface area contributed by atoms with E-state index in [1.54, 1.807) is 0 Å². The number of nitrogens with one attached hydrogen (secondary N) is 1. The zero-order valence-corrected chi connectivity index (χ0v) is 10.5. The highest BCUT2D eigenvalue weighted by atomic mass is 15.3. The summed E-state index contributed by atoms with van der Waals surface area (Å²) in [4.78, 5) is 2.55. The van der Waals surface area contributed by atoms with Crippen molar-refractivity contribution in [2.75, 3.05) is 13.1 Å². The lowest BCUT2D eigenvalue weighted by Gasteiger charge is -2.48. The maximum atomic E-state index is 3.67. The quantitative estimate of drug-likeness (QED) is 0.820. The first kappa shape index (κ1) is 11.6. The number of hydrogen-bond donors (Lipinski definition) is 1. The number of rotatable bonds is 2. The van der Waals surface area contributed by atoms with Crippen molar-refractivity contribution in [1.82, 2.24) is 10.2 Å². The molecule has 1 saturated heterocycles. The van der Waals surface area contributed by atoms with Crippen molar-refractivity contribution in [1.29, 1.82) is 0 Å². The van der Waals surface area contributed by atoms with Crippen molar-refractivity contribution in [3.05, 3.63) is 35.9 Å². The van der Waals surface area contributed by atoms with E-state index in [1.165, 1.54) is 18.5 Å². The Kier molecular flexibility index (Phi) is 3.31. The van der Waals surface area contributed by atoms with Gasteiger partial charge in [0, 0.05) is 12.6 Å². The molecule has 1 aromatic rings. The van der Waals surface area contributed by atoms with Crippen LogP contribution in [0, 0.1) is 0 Å². The molecule has 0 amide bonds. The molecular weight excluding hydrogens is 196 g/mol. The van der Waals surface area contributed by atoms with Crippen LogP contribution in [0.25, 0.3) is 0 Å². The highest BCUT2D eigenvalue weighted by Gasteiger charge is 2.36. The van der Waals surface area contributed by atoms with Crippen LogP contribution in [0.4, 0.5) is 0 Å². The van der Waals surface area contributed by atoms with E-state index in [-0.39, 0.29) is 5.66 Å². The normalized spacial score (nSPS) is 27.2. The van der Waals surface area contributed by atoms with Crippen molar-refractivity contribution < 1.29 is 0 Å². The van der Waals surface area contributed by atoms with E-state index >= 15 is 0 Å². The van der Waals surface area contributed by atoms with Gasteiger partial charge in [0.25, 0.3) is 0 Å². The molecule has 1 N–H and O–H groups in total. The van der Waals surface area contributed by atoms with Gasteiger partial charge in [0.2, 0.25) is 0 Å². The summed E-state index contributed by atoms with van der Waals surface area (Å²) >= 11 is 0. The molecule has 2 heteroatoms. The SMILES string of the molecule is CC(C)N1CCCN[C@@]1(C)c1ccccc1. The van der Waals surface area contributed by atoms with Crippen molar-refractivity contribution in [3.63, 3.8) is 0 Å². The Hall–Kier alpha value is -0.860. The first-order valence-corrected chi connectivity index (χ1v) is 6.22. The summed E-state index contributed by atoms with van der Waals surface area (Å²) in [6.07, 6.45) is 1.24. The molecule has 1 fully saturated rings. The molecule has 1 aliphatic heterocycles. The smallest absolute Gasteiger partial charge is 0.0948 e. The molecule has 0 unspecified atom stereocenters. The van der Waals surface area contributed by atoms with Crippen molar-refractivity contribution in [2.24, 2.45) is 0 Å². The molecule has 1 aromatic carbocycles. The minimum absolute atomic E-state index is 0.00627. The first-order valence-electron chi connectivity index (χ1n) is 6.22. The van der Waals surface area contributed by atoms with Gasteiger partial charge < -0.3 is 0 Å². The molecule has 0 spiro atoms. The molecule has 1 atom stereocenters. The zero-order valence-electron chi connectivity index (χ0n) is 10.5. The van der Waals surface area contributed by atoms with E-state index in [1.807, 2.05) is 0 Å².